The summed E-state index contributed by atoms with van der Waals surface area (Å²) in [6.07, 6.45) is 2.50. The second kappa shape index (κ2) is 8.91. The van der Waals surface area contributed by atoms with E-state index in [9.17, 15) is 14.7 Å². The third-order valence-electron chi connectivity index (χ3n) is 5.41. The highest BCUT2D eigenvalue weighted by atomic mass is 16.5. The van der Waals surface area contributed by atoms with E-state index in [0.717, 1.165) is 36.1 Å². The van der Waals surface area contributed by atoms with E-state index in [1.54, 1.807) is 12.1 Å². The molecule has 0 radical (unpaired) electrons. The first kappa shape index (κ1) is 19.9. The van der Waals surface area contributed by atoms with Crippen molar-refractivity contribution in [1.29, 1.82) is 0 Å². The van der Waals surface area contributed by atoms with Gasteiger partial charge in [-0.3, -0.25) is 4.79 Å². The van der Waals surface area contributed by atoms with Gasteiger partial charge in [-0.05, 0) is 62.3 Å². The van der Waals surface area contributed by atoms with Gasteiger partial charge in [0.2, 0.25) is 0 Å². The minimum atomic E-state index is -0.883. The lowest BCUT2D eigenvalue weighted by Gasteiger charge is -2.32. The number of rotatable bonds is 6. The average Bonchev–Trinajstić information content (AvgIpc) is 2.68. The van der Waals surface area contributed by atoms with Crippen molar-refractivity contribution < 1.29 is 19.4 Å². The molecule has 1 N–H and O–H groups in total. The molecule has 0 atom stereocenters. The van der Waals surface area contributed by atoms with Crippen molar-refractivity contribution in [2.75, 3.05) is 19.7 Å². The van der Waals surface area contributed by atoms with Gasteiger partial charge in [0.15, 0.2) is 6.61 Å². The Balaban J connectivity index is 1.50. The molecule has 0 bridgehead atoms. The maximum absolute atomic E-state index is 12.5. The normalized spacial score (nSPS) is 14.7. The third-order valence-corrected chi connectivity index (χ3v) is 5.41. The van der Waals surface area contributed by atoms with E-state index in [1.165, 1.54) is 5.56 Å². The Morgan fingerprint density at radius 1 is 1.11 bits per heavy atom. The fraction of sp³-hybridized carbons (Fsp3) is 0.391. The molecule has 2 aromatic carbocycles. The van der Waals surface area contributed by atoms with Crippen molar-refractivity contribution in [3.8, 4) is 5.75 Å². The quantitative estimate of drug-likeness (QED) is 0.825. The topological polar surface area (TPSA) is 66.8 Å². The van der Waals surface area contributed by atoms with Crippen LogP contribution in [0.2, 0.25) is 0 Å². The molecule has 1 saturated heterocycles. The van der Waals surface area contributed by atoms with Crippen molar-refractivity contribution in [2.45, 2.75) is 33.1 Å². The number of nitrogens with zero attached hydrogens (tertiary/aromatic N) is 1. The summed E-state index contributed by atoms with van der Waals surface area (Å²) in [4.78, 5) is 25.7. The van der Waals surface area contributed by atoms with Crippen molar-refractivity contribution in [1.82, 2.24) is 4.90 Å². The van der Waals surface area contributed by atoms with Crippen LogP contribution in [0.4, 0.5) is 0 Å². The number of carboxylic acid groups (broad SMARTS) is 1. The van der Waals surface area contributed by atoms with E-state index in [0.29, 0.717) is 24.6 Å². The van der Waals surface area contributed by atoms with Crippen molar-refractivity contribution >= 4 is 11.9 Å². The van der Waals surface area contributed by atoms with Gasteiger partial charge in [-0.1, -0.05) is 35.9 Å². The predicted octanol–water partition coefficient (Wildman–Crippen LogP) is 3.86. The number of hydrogen-bond acceptors (Lipinski definition) is 3. The molecule has 0 unspecified atom stereocenters. The minimum absolute atomic E-state index is 0.00404. The number of hydrogen-bond donors (Lipinski definition) is 1. The number of aryl methyl sites for hydroxylation is 2. The number of carbonyl (C=O) groups is 2. The molecule has 5 heteroatoms. The molecule has 0 spiro atoms. The van der Waals surface area contributed by atoms with Crippen LogP contribution in [0.25, 0.3) is 0 Å². The smallest absolute Gasteiger partial charge is 0.335 e. The fourth-order valence-corrected chi connectivity index (χ4v) is 3.80. The van der Waals surface area contributed by atoms with E-state index >= 15 is 0 Å². The first-order chi connectivity index (χ1) is 13.4. The molecule has 5 nitrogen and oxygen atoms in total. The highest BCUT2D eigenvalue weighted by Gasteiger charge is 2.24. The summed E-state index contributed by atoms with van der Waals surface area (Å²) < 4.78 is 5.71. The highest BCUT2D eigenvalue weighted by molar-refractivity contribution is 5.89. The van der Waals surface area contributed by atoms with Gasteiger partial charge in [-0.2, -0.15) is 0 Å². The highest BCUT2D eigenvalue weighted by Crippen LogP contribution is 2.24. The molecular formula is C23H27NO4. The number of benzene rings is 2. The number of carbonyl (C=O) groups excluding carboxylic acids is 1. The van der Waals surface area contributed by atoms with Gasteiger partial charge in [0.05, 0.1) is 5.56 Å². The lowest BCUT2D eigenvalue weighted by Crippen LogP contribution is -2.41. The van der Waals surface area contributed by atoms with Crippen LogP contribution in [0.15, 0.2) is 42.5 Å². The van der Waals surface area contributed by atoms with Gasteiger partial charge >= 0.3 is 5.97 Å². The minimum Gasteiger partial charge on any atom is -0.484 e. The Morgan fingerprint density at radius 3 is 2.50 bits per heavy atom. The fourth-order valence-electron chi connectivity index (χ4n) is 3.80. The van der Waals surface area contributed by atoms with Gasteiger partial charge in [-0.25, -0.2) is 4.79 Å². The predicted molar refractivity (Wildman–Crippen MR) is 108 cm³/mol. The maximum atomic E-state index is 12.5. The number of aromatic carboxylic acids is 1. The van der Waals surface area contributed by atoms with E-state index in [-0.39, 0.29) is 12.5 Å². The van der Waals surface area contributed by atoms with E-state index in [2.05, 4.69) is 0 Å². The molecule has 1 aliphatic heterocycles. The van der Waals surface area contributed by atoms with E-state index < -0.39 is 5.97 Å². The van der Waals surface area contributed by atoms with Crippen LogP contribution in [0, 0.1) is 19.8 Å². The van der Waals surface area contributed by atoms with Crippen molar-refractivity contribution in [2.24, 2.45) is 5.92 Å². The van der Waals surface area contributed by atoms with Gasteiger partial charge in [0, 0.05) is 13.1 Å². The summed E-state index contributed by atoms with van der Waals surface area (Å²) in [5, 5.41) is 9.33. The first-order valence-electron chi connectivity index (χ1n) is 9.73. The lowest BCUT2D eigenvalue weighted by molar-refractivity contribution is -0.134. The Kier molecular flexibility index (Phi) is 6.34. The van der Waals surface area contributed by atoms with Crippen molar-refractivity contribution in [3.63, 3.8) is 0 Å². The van der Waals surface area contributed by atoms with Crippen LogP contribution >= 0.6 is 0 Å². The summed E-state index contributed by atoms with van der Waals surface area (Å²) in [6.45, 7) is 5.44. The first-order valence-corrected chi connectivity index (χ1v) is 9.73. The van der Waals surface area contributed by atoms with Crippen LogP contribution in [0.1, 0.15) is 39.9 Å². The zero-order valence-corrected chi connectivity index (χ0v) is 16.5. The van der Waals surface area contributed by atoms with Crippen LogP contribution in [0.3, 0.4) is 0 Å². The molecule has 1 heterocycles. The van der Waals surface area contributed by atoms with Gasteiger partial charge in [0.1, 0.15) is 5.75 Å². The van der Waals surface area contributed by atoms with Gasteiger partial charge in [-0.15, -0.1) is 0 Å². The molecule has 28 heavy (non-hydrogen) atoms. The molecule has 1 fully saturated rings. The van der Waals surface area contributed by atoms with Crippen LogP contribution < -0.4 is 4.74 Å². The largest absolute Gasteiger partial charge is 0.484 e. The van der Waals surface area contributed by atoms with Crippen LogP contribution in [-0.2, 0) is 11.2 Å². The lowest BCUT2D eigenvalue weighted by atomic mass is 9.88. The maximum Gasteiger partial charge on any atom is 0.335 e. The Morgan fingerprint density at radius 2 is 1.82 bits per heavy atom. The Labute approximate surface area is 165 Å². The van der Waals surface area contributed by atoms with E-state index in [4.69, 9.17) is 4.74 Å². The summed E-state index contributed by atoms with van der Waals surface area (Å²) in [5.74, 6) is 0.264. The average molecular weight is 381 g/mol. The van der Waals surface area contributed by atoms with Crippen LogP contribution in [0.5, 0.6) is 5.75 Å². The zero-order chi connectivity index (χ0) is 20.1. The second-order valence-corrected chi connectivity index (χ2v) is 7.55. The molecular weight excluding hydrogens is 354 g/mol. The van der Waals surface area contributed by atoms with Gasteiger partial charge < -0.3 is 14.7 Å². The molecule has 148 valence electrons. The summed E-state index contributed by atoms with van der Waals surface area (Å²) >= 11 is 0. The van der Waals surface area contributed by atoms with Crippen LogP contribution in [-0.4, -0.2) is 41.6 Å². The zero-order valence-electron chi connectivity index (χ0n) is 16.5. The third kappa shape index (κ3) is 4.91. The molecule has 1 amide bonds. The number of carboxylic acids is 1. The summed E-state index contributed by atoms with van der Waals surface area (Å²) in [5.41, 5.74) is 3.45. The number of ether oxygens (including phenoxy) is 1. The summed E-state index contributed by atoms with van der Waals surface area (Å²) in [7, 11) is 0. The van der Waals surface area contributed by atoms with E-state index in [1.807, 2.05) is 49.1 Å². The number of piperidine rings is 1. The summed E-state index contributed by atoms with van der Waals surface area (Å²) in [6, 6.07) is 13.1. The number of likely N-dealkylation sites (tertiary alicyclic amines) is 1. The molecule has 1 aliphatic rings. The SMILES string of the molecule is Cc1ccc(OCC(=O)N2CCC(Cc3ccccc3C(=O)O)CC2)c(C)c1. The molecule has 0 aromatic heterocycles. The van der Waals surface area contributed by atoms with Gasteiger partial charge in [0.25, 0.3) is 5.91 Å². The molecule has 0 aliphatic carbocycles. The number of amides is 1. The van der Waals surface area contributed by atoms with Crippen molar-refractivity contribution in [3.05, 3.63) is 64.7 Å². The molecule has 0 saturated carbocycles. The Hall–Kier alpha value is -2.82. The molecule has 3 rings (SSSR count). The Bertz CT molecular complexity index is 853. The standard InChI is InChI=1S/C23H27NO4/c1-16-7-8-21(17(2)13-16)28-15-22(25)24-11-9-18(10-12-24)14-19-5-3-4-6-20(19)23(26)27/h3-8,13,18H,9-12,14-15H2,1-2H3,(H,26,27). The monoisotopic (exact) mass is 381 g/mol. The molecule has 2 aromatic rings. The second-order valence-electron chi connectivity index (χ2n) is 7.55.